The van der Waals surface area contributed by atoms with E-state index in [4.69, 9.17) is 5.73 Å². The van der Waals surface area contributed by atoms with Gasteiger partial charge in [0.05, 0.1) is 5.69 Å². The molecule has 0 saturated heterocycles. The van der Waals surface area contributed by atoms with Crippen molar-refractivity contribution in [3.05, 3.63) is 29.2 Å². The number of rotatable bonds is 4. The highest BCUT2D eigenvalue weighted by atomic mass is 32.1. The predicted molar refractivity (Wildman–Crippen MR) is 65.0 cm³/mol. The molecule has 0 bridgehead atoms. The Kier molecular flexibility index (Phi) is 3.58. The molecule has 0 radical (unpaired) electrons. The molecule has 0 aliphatic heterocycles. The van der Waals surface area contributed by atoms with Gasteiger partial charge in [0.15, 0.2) is 0 Å². The maximum atomic E-state index is 5.71. The number of hydrogen-bond donors (Lipinski definition) is 1. The summed E-state index contributed by atoms with van der Waals surface area (Å²) in [6.45, 7) is 2.70. The van der Waals surface area contributed by atoms with Gasteiger partial charge in [-0.2, -0.15) is 0 Å². The monoisotopic (exact) mass is 234 g/mol. The van der Waals surface area contributed by atoms with E-state index in [1.54, 1.807) is 23.9 Å². The van der Waals surface area contributed by atoms with Crippen LogP contribution in [0.4, 0.5) is 0 Å². The zero-order chi connectivity index (χ0) is 11.4. The lowest BCUT2D eigenvalue weighted by atomic mass is 10.2. The summed E-state index contributed by atoms with van der Waals surface area (Å²) in [6.07, 6.45) is 5.33. The van der Waals surface area contributed by atoms with E-state index in [1.807, 2.05) is 6.07 Å². The van der Waals surface area contributed by atoms with Gasteiger partial charge in [-0.3, -0.25) is 0 Å². The second-order valence-electron chi connectivity index (χ2n) is 3.44. The van der Waals surface area contributed by atoms with Crippen LogP contribution in [0.25, 0.3) is 10.7 Å². The molecule has 5 heteroatoms. The van der Waals surface area contributed by atoms with E-state index < -0.39 is 0 Å². The van der Waals surface area contributed by atoms with Gasteiger partial charge in [-0.15, -0.1) is 11.3 Å². The van der Waals surface area contributed by atoms with Gasteiger partial charge in [-0.1, -0.05) is 13.3 Å². The summed E-state index contributed by atoms with van der Waals surface area (Å²) in [5.74, 6) is 0. The standard InChI is InChI=1S/C11H14N4S/c1-2-3-8-10(6-12)16-11(15-8)9-4-5-13-7-14-9/h4-5,7H,2-3,6,12H2,1H3. The highest BCUT2D eigenvalue weighted by molar-refractivity contribution is 7.15. The smallest absolute Gasteiger partial charge is 0.142 e. The molecule has 0 unspecified atom stereocenters. The average Bonchev–Trinajstić information content (AvgIpc) is 2.74. The molecular formula is C11H14N4S. The number of hydrogen-bond acceptors (Lipinski definition) is 5. The van der Waals surface area contributed by atoms with Crippen molar-refractivity contribution in [1.29, 1.82) is 0 Å². The van der Waals surface area contributed by atoms with Gasteiger partial charge in [0, 0.05) is 17.6 Å². The molecule has 16 heavy (non-hydrogen) atoms. The second kappa shape index (κ2) is 5.14. The van der Waals surface area contributed by atoms with Crippen LogP contribution in [0.1, 0.15) is 23.9 Å². The Hall–Kier alpha value is -1.33. The van der Waals surface area contributed by atoms with Crippen molar-refractivity contribution >= 4 is 11.3 Å². The molecule has 0 spiro atoms. The Morgan fingerprint density at radius 1 is 1.44 bits per heavy atom. The van der Waals surface area contributed by atoms with E-state index in [2.05, 4.69) is 21.9 Å². The Labute approximate surface area is 98.6 Å². The highest BCUT2D eigenvalue weighted by Crippen LogP contribution is 2.26. The van der Waals surface area contributed by atoms with Gasteiger partial charge < -0.3 is 5.73 Å². The second-order valence-corrected chi connectivity index (χ2v) is 4.52. The molecule has 2 heterocycles. The van der Waals surface area contributed by atoms with Crippen LogP contribution in [0, 0.1) is 0 Å². The summed E-state index contributed by atoms with van der Waals surface area (Å²) in [5, 5.41) is 0.936. The van der Waals surface area contributed by atoms with Crippen molar-refractivity contribution in [2.24, 2.45) is 5.73 Å². The summed E-state index contributed by atoms with van der Waals surface area (Å²) in [6, 6.07) is 1.87. The van der Waals surface area contributed by atoms with E-state index in [9.17, 15) is 0 Å². The molecule has 0 aliphatic rings. The summed E-state index contributed by atoms with van der Waals surface area (Å²) in [7, 11) is 0. The number of nitrogens with zero attached hydrogens (tertiary/aromatic N) is 3. The molecule has 4 nitrogen and oxygen atoms in total. The number of aromatic nitrogens is 3. The van der Waals surface area contributed by atoms with Crippen LogP contribution < -0.4 is 5.73 Å². The minimum absolute atomic E-state index is 0.554. The van der Waals surface area contributed by atoms with Crippen LogP contribution in [0.5, 0.6) is 0 Å². The highest BCUT2D eigenvalue weighted by Gasteiger charge is 2.11. The minimum atomic E-state index is 0.554. The fourth-order valence-corrected chi connectivity index (χ4v) is 2.47. The topological polar surface area (TPSA) is 64.7 Å². The third kappa shape index (κ3) is 2.25. The first kappa shape index (κ1) is 11.2. The van der Waals surface area contributed by atoms with Crippen LogP contribution in [-0.2, 0) is 13.0 Å². The maximum absolute atomic E-state index is 5.71. The first-order chi connectivity index (χ1) is 7.85. The van der Waals surface area contributed by atoms with E-state index in [-0.39, 0.29) is 0 Å². The van der Waals surface area contributed by atoms with Gasteiger partial charge >= 0.3 is 0 Å². The molecule has 0 amide bonds. The fraction of sp³-hybridized carbons (Fsp3) is 0.364. The van der Waals surface area contributed by atoms with Gasteiger partial charge in [-0.25, -0.2) is 15.0 Å². The number of nitrogens with two attached hydrogens (primary N) is 1. The van der Waals surface area contributed by atoms with E-state index in [1.165, 1.54) is 0 Å². The molecule has 2 N–H and O–H groups in total. The van der Waals surface area contributed by atoms with Gasteiger partial charge in [-0.05, 0) is 12.5 Å². The van der Waals surface area contributed by atoms with Crippen LogP contribution in [-0.4, -0.2) is 15.0 Å². The molecule has 2 aromatic heterocycles. The van der Waals surface area contributed by atoms with Crippen molar-refractivity contribution in [1.82, 2.24) is 15.0 Å². The first-order valence-corrected chi connectivity index (χ1v) is 6.11. The lowest BCUT2D eigenvalue weighted by Gasteiger charge is -1.94. The molecule has 2 aromatic rings. The van der Waals surface area contributed by atoms with E-state index in [0.29, 0.717) is 6.54 Å². The summed E-state index contributed by atoms with van der Waals surface area (Å²) in [4.78, 5) is 13.8. The Balaban J connectivity index is 2.36. The summed E-state index contributed by atoms with van der Waals surface area (Å²) in [5.41, 5.74) is 7.70. The molecule has 0 atom stereocenters. The van der Waals surface area contributed by atoms with Crippen LogP contribution >= 0.6 is 11.3 Å². The quantitative estimate of drug-likeness (QED) is 0.879. The van der Waals surface area contributed by atoms with Crippen molar-refractivity contribution in [2.45, 2.75) is 26.3 Å². The number of thiazole rings is 1. The molecule has 0 saturated carbocycles. The van der Waals surface area contributed by atoms with E-state index >= 15 is 0 Å². The first-order valence-electron chi connectivity index (χ1n) is 5.30. The Bertz CT molecular complexity index is 452. The third-order valence-corrected chi connectivity index (χ3v) is 3.39. The van der Waals surface area contributed by atoms with Crippen LogP contribution in [0.15, 0.2) is 18.6 Å². The van der Waals surface area contributed by atoms with E-state index in [0.717, 1.165) is 34.1 Å². The molecule has 0 aliphatic carbocycles. The SMILES string of the molecule is CCCc1nc(-c2ccncn2)sc1CN. The van der Waals surface area contributed by atoms with Crippen LogP contribution in [0.2, 0.25) is 0 Å². The summed E-state index contributed by atoms with van der Waals surface area (Å²) < 4.78 is 0. The third-order valence-electron chi connectivity index (χ3n) is 2.25. The molecular weight excluding hydrogens is 220 g/mol. The van der Waals surface area contributed by atoms with Crippen molar-refractivity contribution in [2.75, 3.05) is 0 Å². The lowest BCUT2D eigenvalue weighted by Crippen LogP contribution is -1.97. The molecule has 0 aromatic carbocycles. The van der Waals surface area contributed by atoms with Crippen LogP contribution in [0.3, 0.4) is 0 Å². The number of aryl methyl sites for hydroxylation is 1. The van der Waals surface area contributed by atoms with Crippen molar-refractivity contribution in [3.8, 4) is 10.7 Å². The largest absolute Gasteiger partial charge is 0.326 e. The Morgan fingerprint density at radius 3 is 2.94 bits per heavy atom. The maximum Gasteiger partial charge on any atom is 0.142 e. The predicted octanol–water partition coefficient (Wildman–Crippen LogP) is 2.01. The van der Waals surface area contributed by atoms with Gasteiger partial charge in [0.25, 0.3) is 0 Å². The minimum Gasteiger partial charge on any atom is -0.326 e. The molecule has 84 valence electrons. The average molecular weight is 234 g/mol. The summed E-state index contributed by atoms with van der Waals surface area (Å²) >= 11 is 1.63. The zero-order valence-corrected chi connectivity index (χ0v) is 10.00. The fourth-order valence-electron chi connectivity index (χ4n) is 1.50. The molecule has 0 fully saturated rings. The lowest BCUT2D eigenvalue weighted by molar-refractivity contribution is 0.871. The van der Waals surface area contributed by atoms with Crippen molar-refractivity contribution < 1.29 is 0 Å². The van der Waals surface area contributed by atoms with Gasteiger partial charge in [0.1, 0.15) is 17.0 Å². The zero-order valence-electron chi connectivity index (χ0n) is 9.18. The normalized spacial score (nSPS) is 10.6. The van der Waals surface area contributed by atoms with Gasteiger partial charge in [0.2, 0.25) is 0 Å². The van der Waals surface area contributed by atoms with Crippen molar-refractivity contribution in [3.63, 3.8) is 0 Å². The Morgan fingerprint density at radius 2 is 2.31 bits per heavy atom. The molecule has 2 rings (SSSR count).